The van der Waals surface area contributed by atoms with E-state index in [0.717, 1.165) is 0 Å². The Hall–Kier alpha value is -0.0562. The van der Waals surface area contributed by atoms with E-state index in [2.05, 4.69) is 43.5 Å². The van der Waals surface area contributed by atoms with Gasteiger partial charge in [-0.05, 0) is 55.1 Å². The first kappa shape index (κ1) is 11.0. The lowest BCUT2D eigenvalue weighted by atomic mass is 10.00. The van der Waals surface area contributed by atoms with Crippen LogP contribution in [0.1, 0.15) is 22.3 Å². The Morgan fingerprint density at radius 1 is 1.08 bits per heavy atom. The van der Waals surface area contributed by atoms with Crippen LogP contribution in [0.25, 0.3) is 0 Å². The first-order valence-electron chi connectivity index (χ1n) is 4.27. The molecule has 0 saturated carbocycles. The van der Waals surface area contributed by atoms with Crippen LogP contribution >= 0.6 is 11.1 Å². The summed E-state index contributed by atoms with van der Waals surface area (Å²) in [6.07, 6.45) is 0. The van der Waals surface area contributed by atoms with Crippen molar-refractivity contribution in [2.75, 3.05) is 0 Å². The molecule has 0 aliphatic heterocycles. The van der Waals surface area contributed by atoms with Crippen molar-refractivity contribution in [1.82, 2.24) is 0 Å². The first-order chi connectivity index (χ1) is 5.95. The topological polar surface area (TPSA) is 0 Å². The zero-order chi connectivity index (χ0) is 10.2. The fourth-order valence-corrected chi connectivity index (χ4v) is 3.67. The predicted molar refractivity (Wildman–Crippen MR) is 62.4 cm³/mol. The van der Waals surface area contributed by atoms with Crippen molar-refractivity contribution in [2.24, 2.45) is 0 Å². The maximum Gasteiger partial charge on any atom is 0.177 e. The lowest BCUT2D eigenvalue weighted by Gasteiger charge is -2.14. The number of hydrogen-bond acceptors (Lipinski definition) is 0. The van der Waals surface area contributed by atoms with Crippen LogP contribution in [0.2, 0.25) is 0 Å². The van der Waals surface area contributed by atoms with Crippen LogP contribution in [0.3, 0.4) is 0 Å². The summed E-state index contributed by atoms with van der Waals surface area (Å²) in [7, 11) is 2.52. The minimum absolute atomic E-state index is 1.03. The molecule has 0 saturated heterocycles. The summed E-state index contributed by atoms with van der Waals surface area (Å²) in [6.45, 7) is 8.61. The van der Waals surface area contributed by atoms with Gasteiger partial charge in [0.05, 0.1) is 0 Å². The lowest BCUT2D eigenvalue weighted by Crippen LogP contribution is -2.29. The third-order valence-corrected chi connectivity index (χ3v) is 5.13. The number of rotatable bonds is 1. The van der Waals surface area contributed by atoms with Gasteiger partial charge in [0.15, 0.2) is 7.62 Å². The van der Waals surface area contributed by atoms with E-state index in [1.165, 1.54) is 27.4 Å². The van der Waals surface area contributed by atoms with Gasteiger partial charge in [0.1, 0.15) is 0 Å². The van der Waals surface area contributed by atoms with Gasteiger partial charge >= 0.3 is 0 Å². The second-order valence-electron chi connectivity index (χ2n) is 3.43. The molecule has 0 nitrogen and oxygen atoms in total. The third-order valence-electron chi connectivity index (χ3n) is 2.72. The summed E-state index contributed by atoms with van der Waals surface area (Å²) in [5.74, 6) is 0. The molecule has 1 aromatic carbocycles. The van der Waals surface area contributed by atoms with Gasteiger partial charge in [-0.25, -0.2) is 0 Å². The molecule has 0 unspecified atom stereocenters. The minimum Gasteiger partial charge on any atom is -0.167 e. The molecule has 0 heterocycles. The van der Waals surface area contributed by atoms with E-state index in [1.807, 2.05) is 0 Å². The molecule has 4 radical (unpaired) electrons. The van der Waals surface area contributed by atoms with E-state index in [4.69, 9.17) is 11.1 Å². The molecular formula is C10H13ClSi2. The number of hydrogen-bond donors (Lipinski definition) is 0. The molecule has 13 heavy (non-hydrogen) atoms. The Balaban J connectivity index is 3.41. The van der Waals surface area contributed by atoms with Crippen LogP contribution in [-0.4, -0.2) is 17.4 Å². The SMILES string of the molecule is Cc1cc([Si]([Si])Cl)c(C)c(C)c1C. The van der Waals surface area contributed by atoms with Crippen molar-refractivity contribution in [3.63, 3.8) is 0 Å². The Kier molecular flexibility index (Phi) is 3.38. The highest BCUT2D eigenvalue weighted by Crippen LogP contribution is 2.15. The molecule has 0 atom stereocenters. The largest absolute Gasteiger partial charge is 0.177 e. The Bertz CT molecular complexity index is 332. The molecule has 0 amide bonds. The summed E-state index contributed by atoms with van der Waals surface area (Å²) in [5.41, 5.74) is 5.42. The quantitative estimate of drug-likeness (QED) is 0.506. The molecule has 1 rings (SSSR count). The predicted octanol–water partition coefficient (Wildman–Crippen LogP) is 2.02. The number of aryl methyl sites for hydroxylation is 1. The summed E-state index contributed by atoms with van der Waals surface area (Å²) >= 11 is 6.12. The summed E-state index contributed by atoms with van der Waals surface area (Å²) in [5, 5.41) is 1.28. The van der Waals surface area contributed by atoms with E-state index < -0.39 is 7.62 Å². The molecule has 0 spiro atoms. The third kappa shape index (κ3) is 2.06. The van der Waals surface area contributed by atoms with Gasteiger partial charge in [0.2, 0.25) is 0 Å². The zero-order valence-electron chi connectivity index (χ0n) is 8.46. The lowest BCUT2D eigenvalue weighted by molar-refractivity contribution is 1.23. The normalized spacial score (nSPS) is 11.0. The van der Waals surface area contributed by atoms with Gasteiger partial charge in [-0.15, -0.1) is 0 Å². The van der Waals surface area contributed by atoms with Crippen molar-refractivity contribution in [3.8, 4) is 0 Å². The monoisotopic (exact) mass is 224 g/mol. The number of halogens is 1. The second-order valence-corrected chi connectivity index (χ2v) is 8.18. The maximum atomic E-state index is 6.12. The van der Waals surface area contributed by atoms with Crippen molar-refractivity contribution in [1.29, 1.82) is 0 Å². The van der Waals surface area contributed by atoms with Gasteiger partial charge in [0, 0.05) is 9.76 Å². The number of benzene rings is 1. The van der Waals surface area contributed by atoms with Crippen LogP contribution in [0.4, 0.5) is 0 Å². The second kappa shape index (κ2) is 3.99. The smallest absolute Gasteiger partial charge is 0.167 e. The van der Waals surface area contributed by atoms with Gasteiger partial charge in [-0.2, -0.15) is 11.1 Å². The molecule has 3 heteroatoms. The molecule has 1 aromatic rings. The molecule has 0 fully saturated rings. The molecule has 0 aliphatic rings. The Morgan fingerprint density at radius 3 is 2.08 bits per heavy atom. The summed E-state index contributed by atoms with van der Waals surface area (Å²) in [6, 6.07) is 2.20. The fraction of sp³-hybridized carbons (Fsp3) is 0.400. The highest BCUT2D eigenvalue weighted by molar-refractivity contribution is 7.37. The van der Waals surface area contributed by atoms with Crippen LogP contribution in [0, 0.1) is 27.7 Å². The van der Waals surface area contributed by atoms with Crippen molar-refractivity contribution >= 4 is 33.6 Å². The first-order valence-corrected chi connectivity index (χ1v) is 8.28. The molecular weight excluding hydrogens is 212 g/mol. The molecule has 0 aliphatic carbocycles. The van der Waals surface area contributed by atoms with Crippen LogP contribution in [0.5, 0.6) is 0 Å². The fourth-order valence-electron chi connectivity index (χ4n) is 1.44. The van der Waals surface area contributed by atoms with Gasteiger partial charge in [-0.3, -0.25) is 0 Å². The van der Waals surface area contributed by atoms with Crippen LogP contribution in [0.15, 0.2) is 6.07 Å². The standard InChI is InChI=1S/C10H13ClSi2/c1-6-5-10(13(11)12)9(4)8(3)7(6)2/h5H,1-4H3. The van der Waals surface area contributed by atoms with E-state index in [9.17, 15) is 0 Å². The highest BCUT2D eigenvalue weighted by atomic mass is 35.6. The van der Waals surface area contributed by atoms with Crippen LogP contribution in [-0.2, 0) is 0 Å². The maximum absolute atomic E-state index is 6.12. The Morgan fingerprint density at radius 2 is 1.62 bits per heavy atom. The average Bonchev–Trinajstić information content (AvgIpc) is 2.07. The van der Waals surface area contributed by atoms with E-state index >= 15 is 0 Å². The van der Waals surface area contributed by atoms with E-state index in [0.29, 0.717) is 0 Å². The molecule has 0 N–H and O–H groups in total. The summed E-state index contributed by atoms with van der Waals surface area (Å²) in [4.78, 5) is 0. The van der Waals surface area contributed by atoms with E-state index in [1.54, 1.807) is 0 Å². The van der Waals surface area contributed by atoms with Crippen LogP contribution < -0.4 is 5.19 Å². The highest BCUT2D eigenvalue weighted by Gasteiger charge is 2.12. The van der Waals surface area contributed by atoms with Gasteiger partial charge < -0.3 is 0 Å². The van der Waals surface area contributed by atoms with E-state index in [-0.39, 0.29) is 0 Å². The van der Waals surface area contributed by atoms with Crippen molar-refractivity contribution in [2.45, 2.75) is 27.7 Å². The molecule has 0 bridgehead atoms. The van der Waals surface area contributed by atoms with Gasteiger partial charge in [-0.1, -0.05) is 6.07 Å². The molecule has 0 aromatic heterocycles. The van der Waals surface area contributed by atoms with Crippen molar-refractivity contribution in [3.05, 3.63) is 28.3 Å². The summed E-state index contributed by atoms with van der Waals surface area (Å²) < 4.78 is 0. The van der Waals surface area contributed by atoms with Gasteiger partial charge in [0.25, 0.3) is 0 Å². The average molecular weight is 225 g/mol. The Labute approximate surface area is 89.8 Å². The van der Waals surface area contributed by atoms with Crippen molar-refractivity contribution < 1.29 is 0 Å². The molecule has 68 valence electrons. The zero-order valence-corrected chi connectivity index (χ0v) is 11.2. The minimum atomic E-state index is -1.03.